The smallest absolute Gasteiger partial charge is 0.293 e. The highest BCUT2D eigenvalue weighted by Gasteiger charge is 2.35. The van der Waals surface area contributed by atoms with Crippen molar-refractivity contribution >= 4 is 29.0 Å². The van der Waals surface area contributed by atoms with Gasteiger partial charge in [0.1, 0.15) is 18.1 Å². The summed E-state index contributed by atoms with van der Waals surface area (Å²) in [6, 6.07) is 11.3. The number of rotatable bonds is 5. The van der Waals surface area contributed by atoms with Gasteiger partial charge in [0.25, 0.3) is 11.1 Å². The van der Waals surface area contributed by atoms with E-state index in [1.165, 1.54) is 16.7 Å². The van der Waals surface area contributed by atoms with Crippen LogP contribution >= 0.6 is 11.8 Å². The van der Waals surface area contributed by atoms with Gasteiger partial charge in [0.15, 0.2) is 0 Å². The van der Waals surface area contributed by atoms with E-state index in [2.05, 4.69) is 20.8 Å². The third-order valence-electron chi connectivity index (χ3n) is 3.99. The van der Waals surface area contributed by atoms with E-state index in [-0.39, 0.29) is 29.7 Å². The van der Waals surface area contributed by atoms with Crippen LogP contribution in [0.25, 0.3) is 6.08 Å². The van der Waals surface area contributed by atoms with Crippen molar-refractivity contribution in [1.82, 2.24) is 4.90 Å². The first-order valence-electron chi connectivity index (χ1n) is 8.37. The molecule has 1 saturated heterocycles. The molecule has 1 aromatic heterocycles. The molecule has 0 unspecified atom stereocenters. The molecular formula is C20H21NO4S. The molecule has 26 heavy (non-hydrogen) atoms. The summed E-state index contributed by atoms with van der Waals surface area (Å²) < 4.78 is 10.9. The number of furan rings is 1. The Labute approximate surface area is 157 Å². The molecule has 1 aliphatic heterocycles. The van der Waals surface area contributed by atoms with Crippen molar-refractivity contribution in [2.45, 2.75) is 26.2 Å². The second-order valence-electron chi connectivity index (χ2n) is 6.97. The Morgan fingerprint density at radius 2 is 1.88 bits per heavy atom. The van der Waals surface area contributed by atoms with Gasteiger partial charge in [0.2, 0.25) is 0 Å². The molecule has 0 aliphatic carbocycles. The summed E-state index contributed by atoms with van der Waals surface area (Å²) in [6.07, 6.45) is 3.10. The minimum absolute atomic E-state index is 0.0842. The Kier molecular flexibility index (Phi) is 5.23. The summed E-state index contributed by atoms with van der Waals surface area (Å²) in [5.74, 6) is 0.949. The Morgan fingerprint density at radius 3 is 2.50 bits per heavy atom. The average molecular weight is 371 g/mol. The maximum absolute atomic E-state index is 12.4. The molecule has 0 radical (unpaired) electrons. The molecule has 5 nitrogen and oxygen atoms in total. The van der Waals surface area contributed by atoms with Crippen LogP contribution in [0.2, 0.25) is 0 Å². The molecule has 136 valence electrons. The standard InChI is InChI=1S/C20H21NO4S/c1-20(2,3)14-6-8-15(9-7-14)25-12-10-21-18(22)17(26-19(21)23)13-16-5-4-11-24-16/h4-9,11,13H,10,12H2,1-3H3/b17-13+. The zero-order valence-corrected chi connectivity index (χ0v) is 15.8. The Balaban J connectivity index is 1.56. The Hall–Kier alpha value is -2.47. The molecule has 0 saturated carbocycles. The lowest BCUT2D eigenvalue weighted by molar-refractivity contribution is -0.123. The number of imide groups is 1. The number of thioether (sulfide) groups is 1. The minimum Gasteiger partial charge on any atom is -0.492 e. The number of benzene rings is 1. The summed E-state index contributed by atoms with van der Waals surface area (Å²) in [7, 11) is 0. The van der Waals surface area contributed by atoms with Gasteiger partial charge in [0, 0.05) is 6.08 Å². The van der Waals surface area contributed by atoms with Crippen molar-refractivity contribution in [1.29, 1.82) is 0 Å². The Morgan fingerprint density at radius 1 is 1.15 bits per heavy atom. The van der Waals surface area contributed by atoms with Crippen LogP contribution in [0, 0.1) is 0 Å². The number of carbonyl (C=O) groups excluding carboxylic acids is 2. The summed E-state index contributed by atoms with van der Waals surface area (Å²) in [4.78, 5) is 26.0. The second kappa shape index (κ2) is 7.41. The molecule has 2 amide bonds. The minimum atomic E-state index is -0.317. The predicted octanol–water partition coefficient (Wildman–Crippen LogP) is 4.69. The fraction of sp³-hybridized carbons (Fsp3) is 0.300. The van der Waals surface area contributed by atoms with Crippen LogP contribution in [-0.2, 0) is 10.2 Å². The molecule has 0 N–H and O–H groups in total. The summed E-state index contributed by atoms with van der Waals surface area (Å²) in [5.41, 5.74) is 1.31. The van der Waals surface area contributed by atoms with Crippen LogP contribution in [0.15, 0.2) is 52.0 Å². The lowest BCUT2D eigenvalue weighted by Gasteiger charge is -2.19. The van der Waals surface area contributed by atoms with Crippen molar-refractivity contribution in [2.75, 3.05) is 13.2 Å². The fourth-order valence-electron chi connectivity index (χ4n) is 2.50. The van der Waals surface area contributed by atoms with E-state index in [0.29, 0.717) is 10.7 Å². The summed E-state index contributed by atoms with van der Waals surface area (Å²) in [5, 5.41) is -0.292. The van der Waals surface area contributed by atoms with E-state index in [1.807, 2.05) is 24.3 Å². The van der Waals surface area contributed by atoms with Gasteiger partial charge in [-0.1, -0.05) is 32.9 Å². The maximum atomic E-state index is 12.4. The molecule has 3 rings (SSSR count). The zero-order valence-electron chi connectivity index (χ0n) is 15.0. The van der Waals surface area contributed by atoms with Crippen LogP contribution in [0.3, 0.4) is 0 Å². The molecular weight excluding hydrogens is 350 g/mol. The Bertz CT molecular complexity index is 816. The quantitative estimate of drug-likeness (QED) is 0.714. The molecule has 6 heteroatoms. The van der Waals surface area contributed by atoms with Crippen molar-refractivity contribution in [2.24, 2.45) is 0 Å². The number of hydrogen-bond donors (Lipinski definition) is 0. The molecule has 0 bridgehead atoms. The van der Waals surface area contributed by atoms with E-state index in [0.717, 1.165) is 17.5 Å². The van der Waals surface area contributed by atoms with Crippen LogP contribution in [-0.4, -0.2) is 29.2 Å². The summed E-state index contributed by atoms with van der Waals surface area (Å²) in [6.45, 7) is 6.92. The number of nitrogens with zero attached hydrogens (tertiary/aromatic N) is 1. The van der Waals surface area contributed by atoms with Crippen LogP contribution in [0.5, 0.6) is 5.75 Å². The normalized spacial score (nSPS) is 16.6. The first-order chi connectivity index (χ1) is 12.3. The van der Waals surface area contributed by atoms with Crippen LogP contribution in [0.4, 0.5) is 4.79 Å². The predicted molar refractivity (Wildman–Crippen MR) is 102 cm³/mol. The van der Waals surface area contributed by atoms with Gasteiger partial charge in [-0.2, -0.15) is 0 Å². The highest BCUT2D eigenvalue weighted by Crippen LogP contribution is 2.32. The van der Waals surface area contributed by atoms with Crippen molar-refractivity contribution in [3.63, 3.8) is 0 Å². The van der Waals surface area contributed by atoms with E-state index in [9.17, 15) is 9.59 Å². The fourth-order valence-corrected chi connectivity index (χ4v) is 3.35. The molecule has 1 fully saturated rings. The first-order valence-corrected chi connectivity index (χ1v) is 9.18. The third-order valence-corrected chi connectivity index (χ3v) is 4.90. The molecule has 1 aromatic carbocycles. The van der Waals surface area contributed by atoms with Gasteiger partial charge in [-0.3, -0.25) is 14.5 Å². The van der Waals surface area contributed by atoms with Gasteiger partial charge >= 0.3 is 0 Å². The average Bonchev–Trinajstić information content (AvgIpc) is 3.18. The van der Waals surface area contributed by atoms with Crippen LogP contribution < -0.4 is 4.74 Å². The van der Waals surface area contributed by atoms with Gasteiger partial charge in [-0.25, -0.2) is 0 Å². The van der Waals surface area contributed by atoms with Crippen LogP contribution in [0.1, 0.15) is 32.1 Å². The molecule has 0 atom stereocenters. The first kappa shape index (κ1) is 18.3. The summed E-state index contributed by atoms with van der Waals surface area (Å²) >= 11 is 0.914. The highest BCUT2D eigenvalue weighted by atomic mass is 32.2. The van der Waals surface area contributed by atoms with Crippen molar-refractivity contribution < 1.29 is 18.7 Å². The van der Waals surface area contributed by atoms with E-state index in [4.69, 9.17) is 9.15 Å². The van der Waals surface area contributed by atoms with Crippen molar-refractivity contribution in [3.05, 3.63) is 58.9 Å². The number of ether oxygens (including phenoxy) is 1. The van der Waals surface area contributed by atoms with Gasteiger partial charge in [0.05, 0.1) is 17.7 Å². The number of amides is 2. The van der Waals surface area contributed by atoms with E-state index in [1.54, 1.807) is 18.2 Å². The SMILES string of the molecule is CC(C)(C)c1ccc(OCCN2C(=O)S/C(=C/c3ccco3)C2=O)cc1. The molecule has 2 heterocycles. The van der Waals surface area contributed by atoms with Gasteiger partial charge in [-0.15, -0.1) is 0 Å². The zero-order chi connectivity index (χ0) is 18.7. The van der Waals surface area contributed by atoms with E-state index >= 15 is 0 Å². The third kappa shape index (κ3) is 4.19. The largest absolute Gasteiger partial charge is 0.492 e. The van der Waals surface area contributed by atoms with Gasteiger partial charge < -0.3 is 9.15 Å². The maximum Gasteiger partial charge on any atom is 0.293 e. The lowest BCUT2D eigenvalue weighted by atomic mass is 9.87. The molecule has 2 aromatic rings. The monoisotopic (exact) mass is 371 g/mol. The topological polar surface area (TPSA) is 59.8 Å². The number of carbonyl (C=O) groups is 2. The van der Waals surface area contributed by atoms with Crippen molar-refractivity contribution in [3.8, 4) is 5.75 Å². The highest BCUT2D eigenvalue weighted by molar-refractivity contribution is 8.18. The second-order valence-corrected chi connectivity index (χ2v) is 7.96. The molecule has 0 spiro atoms. The lowest BCUT2D eigenvalue weighted by Crippen LogP contribution is -2.32. The van der Waals surface area contributed by atoms with Gasteiger partial charge in [-0.05, 0) is 47.0 Å². The van der Waals surface area contributed by atoms with E-state index < -0.39 is 0 Å². The molecule has 1 aliphatic rings. The number of hydrogen-bond acceptors (Lipinski definition) is 5.